The number of nitro groups is 1. The summed E-state index contributed by atoms with van der Waals surface area (Å²) in [6, 6.07) is 7.78. The van der Waals surface area contributed by atoms with Crippen LogP contribution in [0.5, 0.6) is 0 Å². The fraction of sp³-hybridized carbons (Fsp3) is 0.0714. The van der Waals surface area contributed by atoms with Crippen molar-refractivity contribution in [2.75, 3.05) is 11.6 Å². The summed E-state index contributed by atoms with van der Waals surface area (Å²) in [5, 5.41) is 13.2. The molecule has 0 saturated heterocycles. The Balaban J connectivity index is 2.33. The Morgan fingerprint density at radius 3 is 2.68 bits per heavy atom. The van der Waals surface area contributed by atoms with Gasteiger partial charge < -0.3 is 5.32 Å². The number of anilines is 1. The molecule has 0 unspecified atom stereocenters. The van der Waals surface area contributed by atoms with Crippen molar-refractivity contribution in [3.05, 3.63) is 62.9 Å². The second-order valence-electron chi connectivity index (χ2n) is 4.22. The number of carbonyl (C=O) groups excluding carboxylic acids is 1. The largest absolute Gasteiger partial charge is 0.319 e. The van der Waals surface area contributed by atoms with Crippen LogP contribution >= 0.6 is 23.4 Å². The Hall–Kier alpha value is -2.12. The van der Waals surface area contributed by atoms with Crippen LogP contribution < -0.4 is 5.32 Å². The van der Waals surface area contributed by atoms with Gasteiger partial charge in [0.2, 0.25) is 0 Å². The number of hydrogen-bond acceptors (Lipinski definition) is 4. The molecule has 2 aromatic rings. The molecule has 2 aromatic carbocycles. The van der Waals surface area contributed by atoms with Crippen LogP contribution in [0.15, 0.2) is 41.3 Å². The minimum Gasteiger partial charge on any atom is -0.319 e. The second kappa shape index (κ2) is 6.76. The van der Waals surface area contributed by atoms with Crippen molar-refractivity contribution in [1.82, 2.24) is 0 Å². The number of nitrogens with zero attached hydrogens (tertiary/aromatic N) is 1. The van der Waals surface area contributed by atoms with Gasteiger partial charge in [0.25, 0.3) is 11.6 Å². The molecule has 0 fully saturated rings. The Bertz CT molecular complexity index is 755. The highest BCUT2D eigenvalue weighted by Crippen LogP contribution is 2.26. The van der Waals surface area contributed by atoms with Crippen LogP contribution in [0.2, 0.25) is 5.02 Å². The van der Waals surface area contributed by atoms with E-state index in [9.17, 15) is 19.3 Å². The lowest BCUT2D eigenvalue weighted by Gasteiger charge is -2.09. The molecule has 0 aromatic heterocycles. The first-order valence-corrected chi connectivity index (χ1v) is 7.61. The molecular weight excluding hydrogens is 331 g/mol. The summed E-state index contributed by atoms with van der Waals surface area (Å²) in [6.45, 7) is 0. The number of carbonyl (C=O) groups is 1. The molecule has 0 bridgehead atoms. The standard InChI is InChI=1S/C14H10ClFN2O3S/c1-22-9-3-4-11(15)10(7-9)14(19)17-13-6-8(18(20)21)2-5-12(13)16/h2-7H,1H3,(H,17,19). The first-order chi connectivity index (χ1) is 10.4. The molecule has 0 radical (unpaired) electrons. The number of non-ortho nitro benzene ring substituents is 1. The maximum atomic E-state index is 13.7. The van der Waals surface area contributed by atoms with Gasteiger partial charge in [-0.25, -0.2) is 4.39 Å². The monoisotopic (exact) mass is 340 g/mol. The molecule has 1 N–H and O–H groups in total. The maximum Gasteiger partial charge on any atom is 0.271 e. The number of nitro benzene ring substituents is 1. The number of rotatable bonds is 4. The molecule has 114 valence electrons. The van der Waals surface area contributed by atoms with Crippen LogP contribution in [0.4, 0.5) is 15.8 Å². The summed E-state index contributed by atoms with van der Waals surface area (Å²) < 4.78 is 13.7. The molecule has 0 atom stereocenters. The van der Waals surface area contributed by atoms with Gasteiger partial charge in [-0.1, -0.05) is 11.6 Å². The number of halogens is 2. The minimum absolute atomic E-state index is 0.166. The Morgan fingerprint density at radius 1 is 1.32 bits per heavy atom. The van der Waals surface area contributed by atoms with E-state index in [1.807, 2.05) is 6.26 Å². The van der Waals surface area contributed by atoms with Crippen LogP contribution in [-0.2, 0) is 0 Å². The zero-order chi connectivity index (χ0) is 16.3. The first-order valence-electron chi connectivity index (χ1n) is 6.01. The van der Waals surface area contributed by atoms with E-state index < -0.39 is 16.6 Å². The lowest BCUT2D eigenvalue weighted by molar-refractivity contribution is -0.384. The van der Waals surface area contributed by atoms with E-state index in [4.69, 9.17) is 11.6 Å². The molecule has 0 aliphatic carbocycles. The molecule has 0 spiro atoms. The average molecular weight is 341 g/mol. The van der Waals surface area contributed by atoms with Gasteiger partial charge in [0, 0.05) is 17.0 Å². The van der Waals surface area contributed by atoms with E-state index >= 15 is 0 Å². The normalized spacial score (nSPS) is 10.3. The SMILES string of the molecule is CSc1ccc(Cl)c(C(=O)Nc2cc([N+](=O)[O-])ccc2F)c1. The van der Waals surface area contributed by atoms with Gasteiger partial charge in [-0.05, 0) is 30.5 Å². The number of nitrogens with one attached hydrogen (secondary N) is 1. The summed E-state index contributed by atoms with van der Waals surface area (Å²) in [4.78, 5) is 23.0. The van der Waals surface area contributed by atoms with Crippen molar-refractivity contribution in [3.8, 4) is 0 Å². The summed E-state index contributed by atoms with van der Waals surface area (Å²) in [6.07, 6.45) is 1.84. The van der Waals surface area contributed by atoms with Crippen LogP contribution in [-0.4, -0.2) is 17.1 Å². The summed E-state index contributed by atoms with van der Waals surface area (Å²) >= 11 is 7.39. The van der Waals surface area contributed by atoms with Gasteiger partial charge in [0.05, 0.1) is 21.2 Å². The van der Waals surface area contributed by atoms with Crippen molar-refractivity contribution in [1.29, 1.82) is 0 Å². The molecule has 22 heavy (non-hydrogen) atoms. The molecule has 0 saturated carbocycles. The maximum absolute atomic E-state index is 13.7. The molecule has 0 aliphatic rings. The molecule has 8 heteroatoms. The highest BCUT2D eigenvalue weighted by molar-refractivity contribution is 7.98. The van der Waals surface area contributed by atoms with Crippen molar-refractivity contribution in [2.24, 2.45) is 0 Å². The molecule has 1 amide bonds. The van der Waals surface area contributed by atoms with E-state index in [0.717, 1.165) is 23.1 Å². The Morgan fingerprint density at radius 2 is 2.05 bits per heavy atom. The zero-order valence-corrected chi connectivity index (χ0v) is 12.9. The number of hydrogen-bond donors (Lipinski definition) is 1. The van der Waals surface area contributed by atoms with Crippen molar-refractivity contribution < 1.29 is 14.1 Å². The van der Waals surface area contributed by atoms with Gasteiger partial charge in [-0.2, -0.15) is 0 Å². The fourth-order valence-electron chi connectivity index (χ4n) is 1.72. The smallest absolute Gasteiger partial charge is 0.271 e. The zero-order valence-electron chi connectivity index (χ0n) is 11.3. The molecule has 5 nitrogen and oxygen atoms in total. The van der Waals surface area contributed by atoms with Gasteiger partial charge in [-0.3, -0.25) is 14.9 Å². The van der Waals surface area contributed by atoms with E-state index in [0.29, 0.717) is 0 Å². The Labute approximate surface area is 134 Å². The average Bonchev–Trinajstić information content (AvgIpc) is 2.49. The predicted molar refractivity (Wildman–Crippen MR) is 84.2 cm³/mol. The fourth-order valence-corrected chi connectivity index (χ4v) is 2.36. The van der Waals surface area contributed by atoms with Gasteiger partial charge in [0.1, 0.15) is 5.82 Å². The summed E-state index contributed by atoms with van der Waals surface area (Å²) in [5.41, 5.74) is -0.426. The molecule has 0 heterocycles. The van der Waals surface area contributed by atoms with Gasteiger partial charge in [-0.15, -0.1) is 11.8 Å². The third kappa shape index (κ3) is 3.55. The molecular formula is C14H10ClFN2O3S. The highest BCUT2D eigenvalue weighted by Gasteiger charge is 2.16. The van der Waals surface area contributed by atoms with Gasteiger partial charge in [0.15, 0.2) is 0 Å². The summed E-state index contributed by atoms with van der Waals surface area (Å²) in [5.74, 6) is -1.41. The van der Waals surface area contributed by atoms with E-state index in [-0.39, 0.29) is 22.0 Å². The lowest BCUT2D eigenvalue weighted by atomic mass is 10.2. The Kier molecular flexibility index (Phi) is 4.99. The highest BCUT2D eigenvalue weighted by atomic mass is 35.5. The summed E-state index contributed by atoms with van der Waals surface area (Å²) in [7, 11) is 0. The van der Waals surface area contributed by atoms with E-state index in [1.54, 1.807) is 18.2 Å². The van der Waals surface area contributed by atoms with E-state index in [1.165, 1.54) is 11.8 Å². The molecule has 0 aliphatic heterocycles. The quantitative estimate of drug-likeness (QED) is 0.510. The third-order valence-corrected chi connectivity index (χ3v) is 3.88. The van der Waals surface area contributed by atoms with Crippen molar-refractivity contribution in [2.45, 2.75) is 4.90 Å². The lowest BCUT2D eigenvalue weighted by Crippen LogP contribution is -2.14. The number of amides is 1. The minimum atomic E-state index is -0.768. The first kappa shape index (κ1) is 16.3. The third-order valence-electron chi connectivity index (χ3n) is 2.83. The van der Waals surface area contributed by atoms with Crippen molar-refractivity contribution >= 4 is 40.6 Å². The topological polar surface area (TPSA) is 72.2 Å². The predicted octanol–water partition coefficient (Wildman–Crippen LogP) is 4.36. The van der Waals surface area contributed by atoms with Gasteiger partial charge >= 0.3 is 0 Å². The second-order valence-corrected chi connectivity index (χ2v) is 5.51. The van der Waals surface area contributed by atoms with Crippen LogP contribution in [0.3, 0.4) is 0 Å². The van der Waals surface area contributed by atoms with Crippen molar-refractivity contribution in [3.63, 3.8) is 0 Å². The number of thioether (sulfide) groups is 1. The molecule has 2 rings (SSSR count). The van der Waals surface area contributed by atoms with E-state index in [2.05, 4.69) is 5.32 Å². The van der Waals surface area contributed by atoms with Crippen LogP contribution in [0.25, 0.3) is 0 Å². The van der Waals surface area contributed by atoms with Crippen LogP contribution in [0, 0.1) is 15.9 Å². The van der Waals surface area contributed by atoms with Crippen LogP contribution in [0.1, 0.15) is 10.4 Å². The number of benzene rings is 2.